The molecule has 30 atom stereocenters. The number of nitrogens with two attached hydrogens (primary N) is 4. The smallest absolute Gasteiger partial charge is 0.387 e. The summed E-state index contributed by atoms with van der Waals surface area (Å²) in [4.78, 5) is 129. The van der Waals surface area contributed by atoms with Crippen molar-refractivity contribution < 1.29 is 145 Å². The topological polar surface area (TPSA) is 806 Å². The predicted molar refractivity (Wildman–Crippen MR) is 460 cm³/mol. The highest BCUT2D eigenvalue weighted by Gasteiger charge is 2.70. The van der Waals surface area contributed by atoms with Gasteiger partial charge in [-0.3, -0.25) is 78.6 Å². The lowest BCUT2D eigenvalue weighted by molar-refractivity contribution is -0.184. The van der Waals surface area contributed by atoms with Gasteiger partial charge in [-0.2, -0.15) is 4.98 Å². The van der Waals surface area contributed by atoms with E-state index in [-0.39, 0.29) is 99.5 Å². The van der Waals surface area contributed by atoms with E-state index in [2.05, 4.69) is 89.7 Å². The summed E-state index contributed by atoms with van der Waals surface area (Å²) in [5.74, 6) is 0.687. The number of hydrogen-bond acceptors (Lipinski definition) is 52. The molecule has 0 aromatic carbocycles. The van der Waals surface area contributed by atoms with E-state index in [1.807, 2.05) is 0 Å². The van der Waals surface area contributed by atoms with Gasteiger partial charge in [0.05, 0.1) is 97.4 Å². The van der Waals surface area contributed by atoms with E-state index in [1.54, 1.807) is 13.8 Å². The zero-order valence-electron chi connectivity index (χ0n) is 70.4. The third-order valence-corrected chi connectivity index (χ3v) is 31.1. The second-order valence-corrected chi connectivity index (χ2v) is 43.7. The van der Waals surface area contributed by atoms with Crippen LogP contribution < -0.4 is 39.6 Å². The van der Waals surface area contributed by atoms with E-state index < -0.39 is 246 Å². The van der Waals surface area contributed by atoms with Gasteiger partial charge in [-0.15, -0.1) is 0 Å². The second kappa shape index (κ2) is 34.1. The molecule has 722 valence electrons. The number of nitrogens with zero attached hydrogens (tertiary/aromatic N) is 21. The first-order chi connectivity index (χ1) is 65.5. The van der Waals surface area contributed by atoms with Crippen molar-refractivity contribution in [1.29, 1.82) is 0 Å². The van der Waals surface area contributed by atoms with Gasteiger partial charge in [0.25, 0.3) is 46.6 Å². The number of aromatic amines is 3. The molecule has 0 amide bonds. The summed E-state index contributed by atoms with van der Waals surface area (Å²) in [5.41, 5.74) is 18.8. The number of aliphatic hydroxyl groups is 3. The number of phosphoric ester groups is 1. The summed E-state index contributed by atoms with van der Waals surface area (Å²) in [6.45, 7) is -5.15. The summed E-state index contributed by atoms with van der Waals surface area (Å²) in [6, 6.07) is 0. The Morgan fingerprint density at radius 3 is 1.07 bits per heavy atom. The molecule has 12 aromatic rings. The summed E-state index contributed by atoms with van der Waals surface area (Å²) in [7, 11) is 1.17. The molecule has 12 aromatic heterocycles. The summed E-state index contributed by atoms with van der Waals surface area (Å²) in [5, 5.41) is 33.6. The Morgan fingerprint density at radius 1 is 0.377 bits per heavy atom. The summed E-state index contributed by atoms with van der Waals surface area (Å²) in [6.07, 6.45) is -15.1. The van der Waals surface area contributed by atoms with Gasteiger partial charge in [0.15, 0.2) is 105 Å². The van der Waals surface area contributed by atoms with Crippen LogP contribution in [0.4, 0.5) is 23.4 Å². The molecule has 0 aliphatic carbocycles. The number of phosphoric acid groups is 1. The molecule has 12 saturated heterocycles. The Balaban J connectivity index is 0.000000119. The molecule has 12 bridgehead atoms. The molecule has 0 saturated carbocycles. The number of nitrogen functional groups attached to an aromatic ring is 4. The highest BCUT2D eigenvalue weighted by molar-refractivity contribution is 8.07. The van der Waals surface area contributed by atoms with Gasteiger partial charge in [-0.05, 0) is 25.7 Å². The highest BCUT2D eigenvalue weighted by atomic mass is 32.5. The lowest BCUT2D eigenvalue weighted by Gasteiger charge is -2.33. The monoisotopic (exact) mass is 2050 g/mol. The van der Waals surface area contributed by atoms with Crippen LogP contribution in [0.2, 0.25) is 0 Å². The van der Waals surface area contributed by atoms with E-state index in [9.17, 15) is 62.3 Å². The molecule has 16 N–H and O–H groups in total. The number of imidazole rings is 6. The Morgan fingerprint density at radius 2 is 0.688 bits per heavy atom. The number of fused-ring (bicyclic) bond motifs is 12. The zero-order chi connectivity index (χ0) is 96.5. The number of ether oxygens (including phenoxy) is 9. The van der Waals surface area contributed by atoms with Crippen LogP contribution in [0, 0.1) is 13.8 Å². The molecular weight excluding hydrogens is 1980 g/mol. The van der Waals surface area contributed by atoms with Crippen molar-refractivity contribution in [3.05, 3.63) is 99.7 Å². The fraction of sp³-hybridized carbons (Fsp3) is 0.538. The fourth-order valence-electron chi connectivity index (χ4n) is 18.2. The molecule has 138 heavy (non-hydrogen) atoms. The maximum atomic E-state index is 13.7. The molecule has 24 heterocycles. The van der Waals surface area contributed by atoms with Crippen LogP contribution in [0.5, 0.6) is 0 Å². The molecule has 12 aliphatic rings. The van der Waals surface area contributed by atoms with E-state index >= 15 is 0 Å². The summed E-state index contributed by atoms with van der Waals surface area (Å²) < 4.78 is 199. The SMILES string of the molecule is [B][P@@]1(=O)OCC23COC(C(n4cnc5c(N)ncnc54)O2)C3O[P@]([B])(=O)OCC2OC(n3cnc4c(=O)[nH]c(C)nc43)C(O1)C2O.[B][P@@]1(=O)OCC2OC(n3cnc4c(=O)[nH]c(C)nc43)C(OP(O)(=S)OCC34COC(C(n5cnc6c(N)ncnc65)O3)C4O1)C2O.[B][P@@]1(=O)OCC2OC(n3cnc4c(=O)[nH]c(N)nc43)C(OP(=O)(O)OCC34COC(C(n5cnc6c(N)ncnc65)O3)C4O1)C2O. The van der Waals surface area contributed by atoms with E-state index in [0.29, 0.717) is 22.3 Å². The number of nitrogens with one attached hydrogen (secondary N) is 3. The second-order valence-electron chi connectivity index (χ2n) is 33.3. The van der Waals surface area contributed by atoms with Gasteiger partial charge in [-0.1, -0.05) is 0 Å². The minimum atomic E-state index is -5.07. The van der Waals surface area contributed by atoms with E-state index in [4.69, 9.17) is 162 Å². The standard InChI is InChI=1S/C22H23B2N9O11P2.C22H24BN9O11P2S.C21H23BN10O12P2/c1-8-30-18-11(19(35)31-8)29-7-33(18)20-13-12(34)9(41-20)2-39-45(23,36)44-15-14-21(32-6-28-10-16(25)26-5-27-17(10)32)42-22(15,3-38-14)4-40-46(24,37)43-13;1-8-29-18-11(19(34)30-8)28-7-32(18)20-13-12(33)9(40-20)2-38-44(23,35)43-15-14-21(31-6-27-10-16(24)25-5-26-17(10)31)41-22(15,3-37-14)4-39-45(36,46)42-13;22-45(35)39-1-7-10(33)11(18(41-7)32-6-28-9-16(32)29-20(24)30-17(9)34)43-46(36,37)40-3-21-2-38-12(13(21)44-45)19(42-21)31-5-27-8-14(23)25-4-26-15(8)31/h5-7,9,12-15,20-21,34H,2-4H2,1H3,(H2,25,26,27)(H,30,31,35);5-7,9,12-15,20-21,33H,2-4H2,1H3,(H,36,46)(H2,24,25,26)(H,29,30,34);4-7,10-13,18-19,33H,1-3H2,(H,36,37)(H2,23,25,26)(H3,24,29,30,34)/t9?,12?,13?,14?,15?,20?,21?,22?,45-,46-;9?,12?,13?,14?,15?,20?,21?,22?,44-,45?;7?,10?,11?,12?,13?,18?,19?,21?,45-/m111/s1. The van der Waals surface area contributed by atoms with Crippen LogP contribution in [0.3, 0.4) is 0 Å². The normalized spacial score (nSPS) is 39.7. The van der Waals surface area contributed by atoms with Crippen molar-refractivity contribution in [3.63, 3.8) is 0 Å². The van der Waals surface area contributed by atoms with Gasteiger partial charge in [0.2, 0.25) is 36.2 Å². The molecule has 24 rings (SSSR count). The van der Waals surface area contributed by atoms with Crippen molar-refractivity contribution in [3.8, 4) is 0 Å². The number of rotatable bonds is 6. The fourth-order valence-corrected chi connectivity index (χ4v) is 24.8. The van der Waals surface area contributed by atoms with Crippen LogP contribution >= 0.6 is 44.4 Å². The molecule has 26 unspecified atom stereocenters. The van der Waals surface area contributed by atoms with Gasteiger partial charge in [0, 0.05) is 0 Å². The van der Waals surface area contributed by atoms with Gasteiger partial charge < -0.3 is 141 Å². The predicted octanol–water partition coefficient (Wildman–Crippen LogP) is -3.53. The third kappa shape index (κ3) is 16.3. The first-order valence-electron chi connectivity index (χ1n) is 41.0. The van der Waals surface area contributed by atoms with Gasteiger partial charge in [0.1, 0.15) is 156 Å². The largest absolute Gasteiger partial charge is 0.472 e. The van der Waals surface area contributed by atoms with Crippen LogP contribution in [-0.4, -0.2) is 340 Å². The molecule has 12 fully saturated rings. The van der Waals surface area contributed by atoms with Crippen molar-refractivity contribution in [1.82, 2.24) is 117 Å². The van der Waals surface area contributed by atoms with Crippen LogP contribution in [0.25, 0.3) is 67.0 Å². The van der Waals surface area contributed by atoms with Crippen molar-refractivity contribution >= 4 is 177 Å². The molecule has 73 heteroatoms. The number of aryl methyl sites for hydroxylation is 2. The zero-order valence-corrected chi connectivity index (χ0v) is 76.5. The minimum Gasteiger partial charge on any atom is -0.387 e. The molecule has 0 spiro atoms. The number of H-pyrrole nitrogens is 3. The first-order valence-corrected chi connectivity index (χ1v) is 51.5. The van der Waals surface area contributed by atoms with E-state index in [1.165, 1.54) is 78.0 Å². The highest BCUT2D eigenvalue weighted by Crippen LogP contribution is 2.63. The molecule has 8 radical (unpaired) electrons. The molecule has 12 aliphatic heterocycles. The third-order valence-electron chi connectivity index (χ3n) is 24.5. The quantitative estimate of drug-likeness (QED) is 0.0567. The Labute approximate surface area is 776 Å². The van der Waals surface area contributed by atoms with E-state index in [0.717, 1.165) is 6.33 Å². The maximum Gasteiger partial charge on any atom is 0.472 e. The average Bonchev–Trinajstić information content (AvgIpc) is 1.56. The van der Waals surface area contributed by atoms with Crippen LogP contribution in [-0.2, 0) is 132 Å². The lowest BCUT2D eigenvalue weighted by Crippen LogP contribution is -2.46. The number of anilines is 4. The average molecular weight is 2050 g/mol. The van der Waals surface area contributed by atoms with Crippen LogP contribution in [0.15, 0.2) is 71.3 Å². The first kappa shape index (κ1) is 93.9. The molecular formula is C65H70B4N28O34P6S. The Kier molecular flexibility index (Phi) is 23.2. The molecule has 62 nitrogen and oxygen atoms in total. The number of hydrogen-bond donors (Lipinski definition) is 12. The van der Waals surface area contributed by atoms with Crippen molar-refractivity contribution in [2.75, 3.05) is 82.4 Å². The van der Waals surface area contributed by atoms with Gasteiger partial charge in [-0.25, -0.2) is 74.3 Å². The number of aliphatic hydroxyl groups excluding tert-OH is 3. The summed E-state index contributed by atoms with van der Waals surface area (Å²) >= 11 is 5.36. The van der Waals surface area contributed by atoms with Crippen molar-refractivity contribution in [2.45, 2.75) is 160 Å². The van der Waals surface area contributed by atoms with Gasteiger partial charge >= 0.3 is 14.5 Å². The lowest BCUT2D eigenvalue weighted by atomic mass is 10.0. The Hall–Kier alpha value is -9.08. The minimum absolute atomic E-state index is 0.00947. The van der Waals surface area contributed by atoms with Crippen molar-refractivity contribution in [2.24, 2.45) is 0 Å². The Bertz CT molecular complexity index is 6770. The number of aromatic nitrogens is 24. The maximum absolute atomic E-state index is 13.7. The van der Waals surface area contributed by atoms with Crippen LogP contribution in [0.1, 0.15) is 49.0 Å².